The van der Waals surface area contributed by atoms with Gasteiger partial charge in [0.05, 0.1) is 30.2 Å². The third kappa shape index (κ3) is 5.78. The molecule has 1 aliphatic rings. The zero-order chi connectivity index (χ0) is 24.3. The van der Waals surface area contributed by atoms with Crippen molar-refractivity contribution < 1.29 is 27.1 Å². The van der Waals surface area contributed by atoms with Gasteiger partial charge in [-0.05, 0) is 54.7 Å². The van der Waals surface area contributed by atoms with E-state index in [9.17, 15) is 18.0 Å². The monoisotopic (exact) mass is 553 g/mol. The van der Waals surface area contributed by atoms with Crippen molar-refractivity contribution in [1.29, 1.82) is 0 Å². The molecule has 1 saturated heterocycles. The number of carbonyl (C=O) groups excluding carboxylic acids is 1. The lowest BCUT2D eigenvalue weighted by Gasteiger charge is -2.31. The number of rotatable bonds is 4. The molecule has 0 saturated carbocycles. The highest BCUT2D eigenvalue weighted by atomic mass is 79.9. The van der Waals surface area contributed by atoms with Gasteiger partial charge in [-0.2, -0.15) is 13.2 Å². The molecule has 0 bridgehead atoms. The summed E-state index contributed by atoms with van der Waals surface area (Å²) in [4.78, 5) is 14.5. The van der Waals surface area contributed by atoms with Crippen LogP contribution in [0.3, 0.4) is 0 Å². The molecular weight excluding hydrogens is 535 g/mol. The zero-order valence-electron chi connectivity index (χ0n) is 17.6. The van der Waals surface area contributed by atoms with Gasteiger partial charge in [-0.1, -0.05) is 28.1 Å². The van der Waals surface area contributed by atoms with Crippen LogP contribution < -0.4 is 15.5 Å². The largest absolute Gasteiger partial charge is 0.451 e. The molecule has 1 aromatic heterocycles. The van der Waals surface area contributed by atoms with Crippen LogP contribution in [0.2, 0.25) is 0 Å². The highest BCUT2D eigenvalue weighted by molar-refractivity contribution is 9.10. The molecule has 1 fully saturated rings. The fourth-order valence-electron chi connectivity index (χ4n) is 3.44. The van der Waals surface area contributed by atoms with Gasteiger partial charge in [0.25, 0.3) is 5.91 Å². The van der Waals surface area contributed by atoms with E-state index in [1.165, 1.54) is 12.1 Å². The molecule has 0 unspecified atom stereocenters. The summed E-state index contributed by atoms with van der Waals surface area (Å²) in [5.41, 5.74) is 0.619. The lowest BCUT2D eigenvalue weighted by Crippen LogP contribution is -2.38. The third-order valence-corrected chi connectivity index (χ3v) is 5.84. The number of anilines is 2. The number of halogens is 4. The van der Waals surface area contributed by atoms with Gasteiger partial charge in [-0.25, -0.2) is 0 Å². The van der Waals surface area contributed by atoms with Gasteiger partial charge < -0.3 is 19.4 Å². The number of hydrogen-bond acceptors (Lipinski definition) is 5. The Labute approximate surface area is 207 Å². The van der Waals surface area contributed by atoms with E-state index in [0.717, 1.165) is 22.2 Å². The quantitative estimate of drug-likeness (QED) is 0.404. The normalized spacial score (nSPS) is 14.1. The molecule has 178 valence electrons. The molecule has 4 rings (SSSR count). The van der Waals surface area contributed by atoms with E-state index < -0.39 is 17.6 Å². The molecule has 0 aliphatic carbocycles. The first-order valence-corrected chi connectivity index (χ1v) is 11.4. The number of morpholine rings is 1. The van der Waals surface area contributed by atoms with E-state index in [-0.39, 0.29) is 16.6 Å². The van der Waals surface area contributed by atoms with Gasteiger partial charge in [0.1, 0.15) is 5.76 Å². The number of thiocarbonyl (C=S) groups is 1. The maximum atomic E-state index is 13.3. The molecular formula is C23H19BrF3N3O3S. The van der Waals surface area contributed by atoms with E-state index >= 15 is 0 Å². The number of alkyl halides is 3. The standard InChI is InChI=1S/C23H19BrF3N3O3S/c24-16-4-1-14(2-5-16)19-7-8-20(33-19)21(31)29-22(34)28-17-13-15(23(25,26)27)3-6-18(17)30-9-11-32-12-10-30/h1-8,13H,9-12H2,(H2,28,29,31,34). The summed E-state index contributed by atoms with van der Waals surface area (Å²) < 4.78 is 51.7. The molecule has 2 heterocycles. The number of nitrogens with zero attached hydrogens (tertiary/aromatic N) is 1. The Bertz CT molecular complexity index is 1190. The highest BCUT2D eigenvalue weighted by Crippen LogP contribution is 2.35. The summed E-state index contributed by atoms with van der Waals surface area (Å²) in [6, 6.07) is 13.9. The van der Waals surface area contributed by atoms with Crippen LogP contribution in [0.4, 0.5) is 24.5 Å². The van der Waals surface area contributed by atoms with Crippen LogP contribution in [0.15, 0.2) is 63.5 Å². The minimum Gasteiger partial charge on any atom is -0.451 e. The predicted molar refractivity (Wildman–Crippen MR) is 130 cm³/mol. The van der Waals surface area contributed by atoms with Gasteiger partial charge in [-0.3, -0.25) is 10.1 Å². The van der Waals surface area contributed by atoms with Crippen LogP contribution in [-0.2, 0) is 10.9 Å². The molecule has 0 radical (unpaired) electrons. The van der Waals surface area contributed by atoms with Crippen LogP contribution in [0.5, 0.6) is 0 Å². The number of amides is 1. The summed E-state index contributed by atoms with van der Waals surface area (Å²) in [7, 11) is 0. The molecule has 1 aliphatic heterocycles. The Morgan fingerprint density at radius 3 is 2.41 bits per heavy atom. The Morgan fingerprint density at radius 2 is 1.74 bits per heavy atom. The average Bonchev–Trinajstić information content (AvgIpc) is 3.30. The summed E-state index contributed by atoms with van der Waals surface area (Å²) in [5.74, 6) is -0.121. The van der Waals surface area contributed by atoms with E-state index in [0.29, 0.717) is 37.8 Å². The minimum absolute atomic E-state index is 0.0134. The lowest BCUT2D eigenvalue weighted by atomic mass is 10.1. The average molecular weight is 554 g/mol. The Balaban J connectivity index is 1.49. The summed E-state index contributed by atoms with van der Waals surface area (Å²) in [5, 5.41) is 5.05. The van der Waals surface area contributed by atoms with Gasteiger partial charge >= 0.3 is 6.18 Å². The van der Waals surface area contributed by atoms with Crippen LogP contribution in [0, 0.1) is 0 Å². The first-order valence-electron chi connectivity index (χ1n) is 10.2. The minimum atomic E-state index is -4.53. The summed E-state index contributed by atoms with van der Waals surface area (Å²) in [6.07, 6.45) is -4.53. The Hall–Kier alpha value is -2.89. The molecule has 11 heteroatoms. The molecule has 0 spiro atoms. The number of furan rings is 1. The number of carbonyl (C=O) groups is 1. The fraction of sp³-hybridized carbons (Fsp3) is 0.217. The zero-order valence-corrected chi connectivity index (χ0v) is 20.0. The second kappa shape index (κ2) is 10.2. The molecule has 3 aromatic rings. The maximum absolute atomic E-state index is 13.3. The van der Waals surface area contributed by atoms with E-state index in [1.807, 2.05) is 29.2 Å². The first kappa shape index (κ1) is 24.2. The topological polar surface area (TPSA) is 66.7 Å². The second-order valence-electron chi connectivity index (χ2n) is 7.41. The first-order chi connectivity index (χ1) is 16.2. The van der Waals surface area contributed by atoms with Crippen molar-refractivity contribution in [3.05, 3.63) is 70.4 Å². The van der Waals surface area contributed by atoms with Crippen LogP contribution in [0.25, 0.3) is 11.3 Å². The van der Waals surface area contributed by atoms with Gasteiger partial charge in [0.2, 0.25) is 0 Å². The fourth-order valence-corrected chi connectivity index (χ4v) is 3.91. The van der Waals surface area contributed by atoms with Crippen molar-refractivity contribution in [2.75, 3.05) is 36.5 Å². The summed E-state index contributed by atoms with van der Waals surface area (Å²) in [6.45, 7) is 1.95. The SMILES string of the molecule is O=C(NC(=S)Nc1cc(C(F)(F)F)ccc1N1CCOCC1)c1ccc(-c2ccc(Br)cc2)o1. The van der Waals surface area contributed by atoms with Crippen LogP contribution >= 0.6 is 28.1 Å². The van der Waals surface area contributed by atoms with Crippen molar-refractivity contribution >= 4 is 50.5 Å². The van der Waals surface area contributed by atoms with Gasteiger partial charge in [0, 0.05) is 23.1 Å². The number of hydrogen-bond donors (Lipinski definition) is 2. The Morgan fingerprint density at radius 1 is 1.03 bits per heavy atom. The van der Waals surface area contributed by atoms with Crippen molar-refractivity contribution in [2.24, 2.45) is 0 Å². The molecule has 2 N–H and O–H groups in total. The number of ether oxygens (including phenoxy) is 1. The second-order valence-corrected chi connectivity index (χ2v) is 8.73. The smallest absolute Gasteiger partial charge is 0.416 e. The molecule has 0 atom stereocenters. The van der Waals surface area contributed by atoms with E-state index in [2.05, 4.69) is 26.6 Å². The number of nitrogens with one attached hydrogen (secondary N) is 2. The molecule has 1 amide bonds. The molecule has 2 aromatic carbocycles. The molecule has 6 nitrogen and oxygen atoms in total. The third-order valence-electron chi connectivity index (χ3n) is 5.11. The van der Waals surface area contributed by atoms with Crippen LogP contribution in [-0.4, -0.2) is 37.3 Å². The van der Waals surface area contributed by atoms with E-state index in [1.54, 1.807) is 6.07 Å². The van der Waals surface area contributed by atoms with Crippen molar-refractivity contribution in [2.45, 2.75) is 6.18 Å². The Kier molecular flexibility index (Phi) is 7.24. The van der Waals surface area contributed by atoms with Crippen molar-refractivity contribution in [1.82, 2.24) is 5.32 Å². The van der Waals surface area contributed by atoms with Gasteiger partial charge in [-0.15, -0.1) is 0 Å². The van der Waals surface area contributed by atoms with Crippen molar-refractivity contribution in [3.8, 4) is 11.3 Å². The maximum Gasteiger partial charge on any atom is 0.416 e. The lowest BCUT2D eigenvalue weighted by molar-refractivity contribution is -0.137. The number of benzene rings is 2. The molecule has 34 heavy (non-hydrogen) atoms. The van der Waals surface area contributed by atoms with E-state index in [4.69, 9.17) is 21.4 Å². The predicted octanol–water partition coefficient (Wildman–Crippen LogP) is 5.69. The highest BCUT2D eigenvalue weighted by Gasteiger charge is 2.32. The van der Waals surface area contributed by atoms with Gasteiger partial charge in [0.15, 0.2) is 10.9 Å². The van der Waals surface area contributed by atoms with Crippen molar-refractivity contribution in [3.63, 3.8) is 0 Å². The summed E-state index contributed by atoms with van der Waals surface area (Å²) >= 11 is 8.57. The van der Waals surface area contributed by atoms with Crippen LogP contribution in [0.1, 0.15) is 16.1 Å².